The molecule has 8 heterocycles. The van der Waals surface area contributed by atoms with E-state index in [9.17, 15) is 0 Å². The summed E-state index contributed by atoms with van der Waals surface area (Å²) in [5.74, 6) is 28.3. The van der Waals surface area contributed by atoms with Crippen molar-refractivity contribution >= 4 is 78.0 Å². The van der Waals surface area contributed by atoms with Crippen LogP contribution in [0.15, 0.2) is 388 Å². The molecule has 23 rings (SSSR count). The van der Waals surface area contributed by atoms with Crippen molar-refractivity contribution < 1.29 is 0 Å². The lowest BCUT2D eigenvalue weighted by Gasteiger charge is -2.29. The predicted molar refractivity (Wildman–Crippen MR) is 528 cm³/mol. The van der Waals surface area contributed by atoms with E-state index in [0.29, 0.717) is 40.8 Å². The molecular weight excluding hydrogens is 1590 g/mol. The van der Waals surface area contributed by atoms with Gasteiger partial charge in [-0.2, -0.15) is 0 Å². The number of aryl methyl sites for hydroxylation is 1. The Kier molecular flexibility index (Phi) is 21.4. The van der Waals surface area contributed by atoms with E-state index in [1.54, 1.807) is 6.92 Å². The van der Waals surface area contributed by atoms with Crippen molar-refractivity contribution in [1.29, 1.82) is 0 Å². The Bertz CT molecular complexity index is 8290. The van der Waals surface area contributed by atoms with E-state index in [1.165, 1.54) is 21.9 Å². The normalized spacial score (nSPS) is 12.5. The van der Waals surface area contributed by atoms with Gasteiger partial charge in [0.25, 0.3) is 0 Å². The van der Waals surface area contributed by atoms with Crippen LogP contribution in [0.5, 0.6) is 0 Å². The standard InChI is InChI=1S/C55H35N7.C51H36N6.C11H4/c1-5-17-36(18-6-1)45-35-49(57-52(56-45)37-19-7-2-8-20-37)62-46-27-15-13-25-42(46)43-33-34-48-50(51(43)62)44-26-14-16-28-47(44)61(48)41-31-29-40(30-32-41)55-59-53(38-21-9-3-10-22-38)58-54(60-55)39-23-11-4-12-24-39;1-33-14-12-19-37(30-33)51-54-49(35-17-6-3-7-18-35)53-50(55-51)36-26-28-38(29-27-36)56-44-23-10-8-20-39(44)41-31-42-40-21-9-11-24-45(40)57(47(42)32-46(41)56)48-25-13-22-43(52-48)34-15-4-2-5-16-34;1-3-5-7-9-11-10-8-6-4-2/h1-35H;2-32,41,46H,1H3;1H,2H3. The van der Waals surface area contributed by atoms with Gasteiger partial charge in [-0.1, -0.05) is 303 Å². The van der Waals surface area contributed by atoms with Gasteiger partial charge in [0, 0.05) is 111 Å². The first-order valence-corrected chi connectivity index (χ1v) is 42.9. The summed E-state index contributed by atoms with van der Waals surface area (Å²) in [5, 5.41) is 8.26. The van der Waals surface area contributed by atoms with Crippen molar-refractivity contribution in [2.24, 2.45) is 0 Å². The minimum Gasteiger partial charge on any atom is -0.333 e. The predicted octanol–water partition coefficient (Wildman–Crippen LogP) is 23.9. The van der Waals surface area contributed by atoms with Gasteiger partial charge in [0.1, 0.15) is 11.6 Å². The molecule has 13 heteroatoms. The van der Waals surface area contributed by atoms with E-state index < -0.39 is 0 Å². The number of benzene rings is 14. The number of anilines is 2. The second-order valence-electron chi connectivity index (χ2n) is 31.3. The fraction of sp³-hybridized carbons (Fsp3) is 0.0342. The summed E-state index contributed by atoms with van der Waals surface area (Å²) in [7, 11) is 0. The summed E-state index contributed by atoms with van der Waals surface area (Å²) in [4.78, 5) is 48.0. The lowest BCUT2D eigenvalue weighted by Crippen LogP contribution is -2.40. The maximum absolute atomic E-state index is 5.34. The Hall–Kier alpha value is -18.2. The van der Waals surface area contributed by atoms with Gasteiger partial charge in [-0.15, -0.1) is 6.42 Å². The van der Waals surface area contributed by atoms with Crippen LogP contribution >= 0.6 is 0 Å². The Labute approximate surface area is 751 Å². The molecule has 1 aliphatic heterocycles. The fourth-order valence-corrected chi connectivity index (χ4v) is 17.6. The highest BCUT2D eigenvalue weighted by Crippen LogP contribution is 2.49. The summed E-state index contributed by atoms with van der Waals surface area (Å²) in [6, 6.07) is 135. The first kappa shape index (κ1) is 79.0. The number of aromatic nitrogens is 12. The molecule has 1 aliphatic carbocycles. The smallest absolute Gasteiger partial charge is 0.164 e. The zero-order chi connectivity index (χ0) is 87.2. The van der Waals surface area contributed by atoms with Crippen molar-refractivity contribution in [2.45, 2.75) is 25.8 Å². The molecule has 21 aromatic rings. The molecule has 2 atom stereocenters. The van der Waals surface area contributed by atoms with Crippen LogP contribution in [-0.2, 0) is 0 Å². The van der Waals surface area contributed by atoms with Gasteiger partial charge in [-0.3, -0.25) is 9.13 Å². The Balaban J connectivity index is 0.000000142. The summed E-state index contributed by atoms with van der Waals surface area (Å²) >= 11 is 0. The molecule has 0 saturated heterocycles. The van der Waals surface area contributed by atoms with Crippen molar-refractivity contribution in [1.82, 2.24) is 58.6 Å². The Morgan fingerprint density at radius 1 is 0.285 bits per heavy atom. The lowest BCUT2D eigenvalue weighted by atomic mass is 9.90. The monoisotopic (exact) mass is 1660 g/mol. The Morgan fingerprint density at radius 2 is 0.723 bits per heavy atom. The minimum absolute atomic E-state index is 0.0518. The summed E-state index contributed by atoms with van der Waals surface area (Å²) in [5.41, 5.74) is 21.9. The second-order valence-corrected chi connectivity index (χ2v) is 31.3. The van der Waals surface area contributed by atoms with Crippen LogP contribution in [0.3, 0.4) is 0 Å². The highest BCUT2D eigenvalue weighted by atomic mass is 15.2. The van der Waals surface area contributed by atoms with Crippen molar-refractivity contribution in [3.05, 3.63) is 410 Å². The van der Waals surface area contributed by atoms with Crippen LogP contribution in [-0.4, -0.2) is 64.6 Å². The van der Waals surface area contributed by atoms with E-state index in [0.717, 1.165) is 145 Å². The first-order valence-electron chi connectivity index (χ1n) is 42.9. The lowest BCUT2D eigenvalue weighted by molar-refractivity contribution is 0.794. The Morgan fingerprint density at radius 3 is 1.28 bits per heavy atom. The average Bonchev–Trinajstić information content (AvgIpc) is 1.55. The van der Waals surface area contributed by atoms with Gasteiger partial charge in [-0.25, -0.2) is 44.9 Å². The van der Waals surface area contributed by atoms with E-state index in [4.69, 9.17) is 51.3 Å². The fourth-order valence-electron chi connectivity index (χ4n) is 17.6. The number of terminal acetylenes is 1. The van der Waals surface area contributed by atoms with Crippen LogP contribution in [0.4, 0.5) is 11.4 Å². The number of pyridine rings is 1. The largest absolute Gasteiger partial charge is 0.333 e. The van der Waals surface area contributed by atoms with Crippen molar-refractivity contribution in [2.75, 3.05) is 4.90 Å². The molecular formula is C117H75N13. The molecule has 2 aliphatic rings. The van der Waals surface area contributed by atoms with Crippen molar-refractivity contribution in [3.63, 3.8) is 0 Å². The second kappa shape index (κ2) is 35.2. The highest BCUT2D eigenvalue weighted by molar-refractivity contribution is 6.26. The van der Waals surface area contributed by atoms with Crippen molar-refractivity contribution in [3.8, 4) is 179 Å². The highest BCUT2D eigenvalue weighted by Gasteiger charge is 2.39. The summed E-state index contributed by atoms with van der Waals surface area (Å²) in [6.07, 6.45) is 9.78. The minimum atomic E-state index is 0.0518. The molecule has 13 nitrogen and oxygen atoms in total. The molecule has 2 unspecified atom stereocenters. The molecule has 0 spiro atoms. The number of fused-ring (bicyclic) bond motifs is 13. The van der Waals surface area contributed by atoms with Gasteiger partial charge in [-0.05, 0) is 170 Å². The summed E-state index contributed by atoms with van der Waals surface area (Å²) in [6.45, 7) is 3.80. The number of nitrogens with zero attached hydrogens (tertiary/aromatic N) is 13. The number of para-hydroxylation sites is 4. The maximum atomic E-state index is 5.34. The molecule has 0 N–H and O–H groups in total. The quantitative estimate of drug-likeness (QED) is 0.103. The molecule has 130 heavy (non-hydrogen) atoms. The summed E-state index contributed by atoms with van der Waals surface area (Å²) < 4.78 is 7.03. The van der Waals surface area contributed by atoms with E-state index in [2.05, 4.69) is 352 Å². The third-order valence-electron chi connectivity index (χ3n) is 23.4. The van der Waals surface area contributed by atoms with Crippen LogP contribution in [0.25, 0.3) is 186 Å². The van der Waals surface area contributed by atoms with Gasteiger partial charge >= 0.3 is 0 Å². The first-order chi connectivity index (χ1) is 64.3. The SMILES string of the molecule is C#CC#CC#CC#CC#CC.Cc1cccc(-c2nc(-c3ccccc3)nc(-c3ccc(N4c5ccccc5C5C=c6c(n(-c7cccc(-c8ccccc8)n7)c7ccccc67)=CC54)cc3)n2)c1.c1ccc(-c2cc(-n3c4ccccc4c4ccc5c(c6ccccc6n5-c5ccc(-c6nc(-c7ccccc7)nc(-c7ccccc7)n6)cc5)c43)nc(-c3ccccc3)n2)cc1. The van der Waals surface area contributed by atoms with Crippen LogP contribution in [0.2, 0.25) is 0 Å². The molecule has 0 bridgehead atoms. The van der Waals surface area contributed by atoms with Gasteiger partial charge in [0.15, 0.2) is 40.8 Å². The van der Waals surface area contributed by atoms with E-state index in [1.807, 2.05) is 127 Å². The topological polar surface area (TPSA) is 134 Å². The zero-order valence-electron chi connectivity index (χ0n) is 70.7. The van der Waals surface area contributed by atoms with Gasteiger partial charge < -0.3 is 9.47 Å². The molecule has 7 aromatic heterocycles. The van der Waals surface area contributed by atoms with Crippen LogP contribution in [0, 0.1) is 66.6 Å². The zero-order valence-corrected chi connectivity index (χ0v) is 70.7. The molecule has 14 aromatic carbocycles. The maximum Gasteiger partial charge on any atom is 0.164 e. The number of hydrogen-bond donors (Lipinski definition) is 0. The average molecular weight is 1660 g/mol. The molecule has 0 radical (unpaired) electrons. The molecule has 0 amide bonds. The van der Waals surface area contributed by atoms with Gasteiger partial charge in [0.05, 0.1) is 50.4 Å². The van der Waals surface area contributed by atoms with E-state index >= 15 is 0 Å². The number of rotatable bonds is 13. The molecule has 0 fully saturated rings. The molecule has 0 saturated carbocycles. The van der Waals surface area contributed by atoms with Crippen LogP contribution in [0.1, 0.15) is 24.0 Å². The third-order valence-corrected chi connectivity index (χ3v) is 23.4. The molecule has 608 valence electrons. The number of hydrogen-bond acceptors (Lipinski definition) is 10. The van der Waals surface area contributed by atoms with Crippen LogP contribution < -0.4 is 15.5 Å². The van der Waals surface area contributed by atoms with E-state index in [-0.39, 0.29) is 12.0 Å². The third kappa shape index (κ3) is 15.4. The van der Waals surface area contributed by atoms with Gasteiger partial charge in [0.2, 0.25) is 0 Å².